The van der Waals surface area contributed by atoms with Gasteiger partial charge in [-0.05, 0) is 57.2 Å². The number of hydrogen-bond acceptors (Lipinski definition) is 2. The van der Waals surface area contributed by atoms with Gasteiger partial charge in [-0.25, -0.2) is 0 Å². The molecule has 4 heteroatoms. The Balaban J connectivity index is 1.76. The van der Waals surface area contributed by atoms with Gasteiger partial charge < -0.3 is 10.6 Å². The fraction of sp³-hybridized carbons (Fsp3) is 0.440. The van der Waals surface area contributed by atoms with Crippen LogP contribution in [0.15, 0.2) is 54.6 Å². The molecule has 4 nitrogen and oxygen atoms in total. The summed E-state index contributed by atoms with van der Waals surface area (Å²) in [5, 5.41) is 6.18. The van der Waals surface area contributed by atoms with Gasteiger partial charge in [0.2, 0.25) is 11.8 Å². The van der Waals surface area contributed by atoms with Crippen LogP contribution < -0.4 is 10.6 Å². The Kier molecular flexibility index (Phi) is 6.41. The Morgan fingerprint density at radius 1 is 0.931 bits per heavy atom. The van der Waals surface area contributed by atoms with E-state index in [9.17, 15) is 9.59 Å². The van der Waals surface area contributed by atoms with Crippen molar-refractivity contribution in [3.8, 4) is 0 Å². The van der Waals surface area contributed by atoms with E-state index >= 15 is 0 Å². The Morgan fingerprint density at radius 2 is 1.55 bits per heavy atom. The van der Waals surface area contributed by atoms with E-state index in [1.54, 1.807) is 0 Å². The van der Waals surface area contributed by atoms with Crippen molar-refractivity contribution in [3.63, 3.8) is 0 Å². The number of amides is 2. The third kappa shape index (κ3) is 5.69. The molecule has 0 spiro atoms. The molecule has 2 amide bonds. The van der Waals surface area contributed by atoms with Gasteiger partial charge in [-0.3, -0.25) is 9.59 Å². The normalized spacial score (nSPS) is 15.7. The van der Waals surface area contributed by atoms with Crippen molar-refractivity contribution in [2.45, 2.75) is 64.8 Å². The van der Waals surface area contributed by atoms with E-state index in [0.29, 0.717) is 0 Å². The Labute approximate surface area is 174 Å². The van der Waals surface area contributed by atoms with Gasteiger partial charge in [0.25, 0.3) is 0 Å². The zero-order valence-electron chi connectivity index (χ0n) is 17.8. The van der Waals surface area contributed by atoms with E-state index in [1.807, 2.05) is 57.2 Å². The first kappa shape index (κ1) is 21.1. The Morgan fingerprint density at radius 3 is 2.21 bits per heavy atom. The highest BCUT2D eigenvalue weighted by Crippen LogP contribution is 2.42. The monoisotopic (exact) mass is 392 g/mol. The lowest BCUT2D eigenvalue weighted by molar-refractivity contribution is -0.133. The van der Waals surface area contributed by atoms with Gasteiger partial charge in [-0.1, -0.05) is 61.4 Å². The third-order valence-electron chi connectivity index (χ3n) is 5.56. The lowest BCUT2D eigenvalue weighted by Gasteiger charge is -2.29. The molecular formula is C25H32N2O2. The predicted molar refractivity (Wildman–Crippen MR) is 118 cm³/mol. The van der Waals surface area contributed by atoms with E-state index in [2.05, 4.69) is 28.8 Å². The molecule has 2 aromatic carbocycles. The van der Waals surface area contributed by atoms with Crippen LogP contribution in [-0.4, -0.2) is 17.4 Å². The molecule has 29 heavy (non-hydrogen) atoms. The van der Waals surface area contributed by atoms with Gasteiger partial charge in [0.15, 0.2) is 0 Å². The van der Waals surface area contributed by atoms with Crippen molar-refractivity contribution in [1.82, 2.24) is 5.32 Å². The quantitative estimate of drug-likeness (QED) is 0.720. The van der Waals surface area contributed by atoms with Crippen LogP contribution in [0.2, 0.25) is 0 Å². The molecule has 0 radical (unpaired) electrons. The van der Waals surface area contributed by atoms with Crippen LogP contribution in [0.4, 0.5) is 5.69 Å². The van der Waals surface area contributed by atoms with Crippen LogP contribution in [0.3, 0.4) is 0 Å². The minimum absolute atomic E-state index is 0.0282. The Hall–Kier alpha value is -2.62. The van der Waals surface area contributed by atoms with Gasteiger partial charge in [-0.15, -0.1) is 0 Å². The minimum Gasteiger partial charge on any atom is -0.351 e. The fourth-order valence-corrected chi connectivity index (χ4v) is 4.17. The van der Waals surface area contributed by atoms with E-state index in [0.717, 1.165) is 43.4 Å². The van der Waals surface area contributed by atoms with Crippen LogP contribution >= 0.6 is 0 Å². The first-order chi connectivity index (χ1) is 13.8. The molecule has 1 fully saturated rings. The maximum atomic E-state index is 13.4. The number of para-hydroxylation sites is 1. The van der Waals surface area contributed by atoms with E-state index < -0.39 is 5.41 Å². The molecule has 1 aliphatic rings. The largest absolute Gasteiger partial charge is 0.351 e. The molecule has 0 unspecified atom stereocenters. The topological polar surface area (TPSA) is 58.2 Å². The van der Waals surface area contributed by atoms with Gasteiger partial charge in [0, 0.05) is 17.6 Å². The third-order valence-corrected chi connectivity index (χ3v) is 5.56. The van der Waals surface area contributed by atoms with Crippen molar-refractivity contribution in [1.29, 1.82) is 0 Å². The molecule has 154 valence electrons. The van der Waals surface area contributed by atoms with Gasteiger partial charge in [0.05, 0.1) is 5.41 Å². The molecule has 0 atom stereocenters. The van der Waals surface area contributed by atoms with Gasteiger partial charge in [-0.2, -0.15) is 0 Å². The highest BCUT2D eigenvalue weighted by Gasteiger charge is 2.43. The summed E-state index contributed by atoms with van der Waals surface area (Å²) in [7, 11) is 0. The molecule has 1 aliphatic carbocycles. The van der Waals surface area contributed by atoms with Crippen LogP contribution in [0.5, 0.6) is 0 Å². The van der Waals surface area contributed by atoms with Crippen LogP contribution in [0.25, 0.3) is 0 Å². The highest BCUT2D eigenvalue weighted by atomic mass is 16.2. The van der Waals surface area contributed by atoms with Crippen molar-refractivity contribution < 1.29 is 9.59 Å². The molecule has 2 aromatic rings. The van der Waals surface area contributed by atoms with E-state index in [4.69, 9.17) is 0 Å². The minimum atomic E-state index is -0.616. The molecular weight excluding hydrogens is 360 g/mol. The fourth-order valence-electron chi connectivity index (χ4n) is 4.17. The summed E-state index contributed by atoms with van der Waals surface area (Å²) in [5.74, 6) is -0.0771. The standard InChI is InChI=1S/C25H32N2O2/c1-24(2,3)27-22(28)18-25(15-9-10-16-25)23(29)26-21-14-8-7-13-20(21)17-19-11-5-4-6-12-19/h4-8,11-14H,9-10,15-18H2,1-3H3,(H,26,29)(H,27,28). The molecule has 0 aromatic heterocycles. The summed E-state index contributed by atoms with van der Waals surface area (Å²) in [6.45, 7) is 5.89. The van der Waals surface area contributed by atoms with Crippen molar-refractivity contribution in [2.75, 3.05) is 5.32 Å². The lowest BCUT2D eigenvalue weighted by atomic mass is 9.81. The first-order valence-electron chi connectivity index (χ1n) is 10.5. The Bertz CT molecular complexity index is 847. The first-order valence-corrected chi connectivity index (χ1v) is 10.5. The second kappa shape index (κ2) is 8.81. The molecule has 2 N–H and O–H groups in total. The van der Waals surface area contributed by atoms with Crippen LogP contribution in [0.1, 0.15) is 64.0 Å². The molecule has 0 aliphatic heterocycles. The maximum Gasteiger partial charge on any atom is 0.231 e. The number of benzene rings is 2. The molecule has 0 bridgehead atoms. The zero-order chi connectivity index (χ0) is 20.9. The molecule has 3 rings (SSSR count). The zero-order valence-corrected chi connectivity index (χ0v) is 17.8. The molecule has 1 saturated carbocycles. The second-order valence-corrected chi connectivity index (χ2v) is 9.24. The van der Waals surface area contributed by atoms with Crippen LogP contribution in [0, 0.1) is 5.41 Å². The van der Waals surface area contributed by atoms with Gasteiger partial charge in [0.1, 0.15) is 0 Å². The number of anilines is 1. The van der Waals surface area contributed by atoms with Crippen molar-refractivity contribution >= 4 is 17.5 Å². The predicted octanol–water partition coefficient (Wildman–Crippen LogP) is 5.08. The average molecular weight is 393 g/mol. The smallest absolute Gasteiger partial charge is 0.231 e. The summed E-state index contributed by atoms with van der Waals surface area (Å²) in [5.41, 5.74) is 2.21. The average Bonchev–Trinajstić information content (AvgIpc) is 3.12. The maximum absolute atomic E-state index is 13.4. The van der Waals surface area contributed by atoms with E-state index in [1.165, 1.54) is 5.56 Å². The lowest BCUT2D eigenvalue weighted by Crippen LogP contribution is -2.45. The summed E-state index contributed by atoms with van der Waals surface area (Å²) >= 11 is 0. The number of rotatable bonds is 6. The highest BCUT2D eigenvalue weighted by molar-refractivity contribution is 5.98. The number of carbonyl (C=O) groups is 2. The van der Waals surface area contributed by atoms with E-state index in [-0.39, 0.29) is 23.8 Å². The summed E-state index contributed by atoms with van der Waals surface area (Å²) in [4.78, 5) is 25.9. The summed E-state index contributed by atoms with van der Waals surface area (Å²) < 4.78 is 0. The van der Waals surface area contributed by atoms with Crippen molar-refractivity contribution in [2.24, 2.45) is 5.41 Å². The van der Waals surface area contributed by atoms with Gasteiger partial charge >= 0.3 is 0 Å². The molecule has 0 saturated heterocycles. The summed E-state index contributed by atoms with van der Waals surface area (Å²) in [6, 6.07) is 18.2. The number of carbonyl (C=O) groups excluding carboxylic acids is 2. The van der Waals surface area contributed by atoms with Crippen LogP contribution in [-0.2, 0) is 16.0 Å². The summed E-state index contributed by atoms with van der Waals surface area (Å²) in [6.07, 6.45) is 4.50. The number of nitrogens with one attached hydrogen (secondary N) is 2. The van der Waals surface area contributed by atoms with Crippen molar-refractivity contribution in [3.05, 3.63) is 65.7 Å². The SMILES string of the molecule is CC(C)(C)NC(=O)CC1(C(=O)Nc2ccccc2Cc2ccccc2)CCCC1. The second-order valence-electron chi connectivity index (χ2n) is 9.24. The number of hydrogen-bond donors (Lipinski definition) is 2. The molecule has 0 heterocycles.